The smallest absolute Gasteiger partial charge is 0.258 e. The van der Waals surface area contributed by atoms with Gasteiger partial charge in [-0.15, -0.1) is 11.3 Å². The Bertz CT molecular complexity index is 778. The molecule has 0 fully saturated rings. The summed E-state index contributed by atoms with van der Waals surface area (Å²) < 4.78 is 1.01. The number of fused-ring (bicyclic) bond motifs is 1. The lowest BCUT2D eigenvalue weighted by atomic mass is 10.2. The van der Waals surface area contributed by atoms with Gasteiger partial charge in [-0.05, 0) is 31.2 Å². The van der Waals surface area contributed by atoms with Crippen molar-refractivity contribution in [1.29, 1.82) is 0 Å². The Kier molecular flexibility index (Phi) is 3.46. The molecule has 3 rings (SSSR count). The van der Waals surface area contributed by atoms with Crippen LogP contribution in [0.2, 0.25) is 0 Å². The topological polar surface area (TPSA) is 56.0 Å². The fourth-order valence-electron chi connectivity index (χ4n) is 1.85. The van der Waals surface area contributed by atoms with Gasteiger partial charge in [0.25, 0.3) is 5.91 Å². The lowest BCUT2D eigenvalue weighted by molar-refractivity contribution is 0.100. The molecule has 1 aromatic carbocycles. The van der Waals surface area contributed by atoms with Gasteiger partial charge in [-0.25, -0.2) is 0 Å². The predicted octanol–water partition coefficient (Wildman–Crippen LogP) is 3.85. The molecule has 0 atom stereocenters. The van der Waals surface area contributed by atoms with Gasteiger partial charge in [0.1, 0.15) is 0 Å². The molecule has 0 aliphatic carbocycles. The summed E-state index contributed by atoms with van der Waals surface area (Å²) in [7, 11) is 0. The lowest BCUT2D eigenvalue weighted by Crippen LogP contribution is -2.08. The molecule has 2 heterocycles. The highest BCUT2D eigenvalue weighted by molar-refractivity contribution is 7.99. The number of nitrogens with two attached hydrogens (primary N) is 1. The van der Waals surface area contributed by atoms with Crippen LogP contribution in [0.5, 0.6) is 0 Å². The van der Waals surface area contributed by atoms with Crippen LogP contribution in [0.15, 0.2) is 52.4 Å². The Morgan fingerprint density at radius 2 is 2.00 bits per heavy atom. The Labute approximate surface area is 124 Å². The van der Waals surface area contributed by atoms with E-state index in [1.807, 2.05) is 6.07 Å². The largest absolute Gasteiger partial charge is 0.365 e. The van der Waals surface area contributed by atoms with Gasteiger partial charge >= 0.3 is 0 Å². The number of rotatable bonds is 3. The molecule has 0 aliphatic heterocycles. The van der Waals surface area contributed by atoms with E-state index in [0.717, 1.165) is 20.0 Å². The number of pyridine rings is 1. The van der Waals surface area contributed by atoms with Gasteiger partial charge in [-0.2, -0.15) is 0 Å². The molecule has 0 saturated heterocycles. The van der Waals surface area contributed by atoms with Gasteiger partial charge in [0, 0.05) is 16.0 Å². The second kappa shape index (κ2) is 5.26. The van der Waals surface area contributed by atoms with Crippen LogP contribution in [0.4, 0.5) is 0 Å². The number of aromatic nitrogens is 1. The van der Waals surface area contributed by atoms with Crippen LogP contribution >= 0.6 is 23.1 Å². The number of nitrogens with zero attached hydrogens (tertiary/aromatic N) is 1. The Morgan fingerprint density at radius 3 is 2.70 bits per heavy atom. The first-order chi connectivity index (χ1) is 9.63. The Morgan fingerprint density at radius 1 is 1.25 bits per heavy atom. The summed E-state index contributed by atoms with van der Waals surface area (Å²) in [5.74, 6) is -0.403. The first-order valence-corrected chi connectivity index (χ1v) is 7.69. The van der Waals surface area contributed by atoms with E-state index in [1.165, 1.54) is 16.9 Å². The molecule has 0 radical (unpaired) electrons. The van der Waals surface area contributed by atoms with Crippen molar-refractivity contribution < 1.29 is 4.79 Å². The van der Waals surface area contributed by atoms with E-state index in [-0.39, 0.29) is 0 Å². The van der Waals surface area contributed by atoms with Gasteiger partial charge in [0.05, 0.1) is 15.1 Å². The minimum atomic E-state index is -0.403. The van der Waals surface area contributed by atoms with Crippen molar-refractivity contribution in [3.8, 4) is 0 Å². The highest BCUT2D eigenvalue weighted by atomic mass is 32.2. The number of thiophene rings is 1. The summed E-state index contributed by atoms with van der Waals surface area (Å²) in [4.78, 5) is 18.4. The zero-order valence-electron chi connectivity index (χ0n) is 10.8. The van der Waals surface area contributed by atoms with E-state index >= 15 is 0 Å². The molecular weight excluding hydrogens is 288 g/mol. The molecule has 2 N–H and O–H groups in total. The van der Waals surface area contributed by atoms with Crippen LogP contribution in [0.25, 0.3) is 10.2 Å². The minimum Gasteiger partial charge on any atom is -0.365 e. The monoisotopic (exact) mass is 300 g/mol. The fraction of sp³-hybridized carbons (Fsp3) is 0.0667. The maximum atomic E-state index is 11.3. The van der Waals surface area contributed by atoms with Gasteiger partial charge in [-0.1, -0.05) is 29.5 Å². The zero-order chi connectivity index (χ0) is 14.1. The van der Waals surface area contributed by atoms with E-state index in [9.17, 15) is 4.79 Å². The molecular formula is C15H12N2OS2. The zero-order valence-corrected chi connectivity index (χ0v) is 12.4. The van der Waals surface area contributed by atoms with Crippen molar-refractivity contribution in [3.05, 3.63) is 53.0 Å². The molecule has 3 aromatic rings. The standard InChI is InChI=1S/C15H12N2OS2/c1-9-2-4-10(5-3-9)19-12-6-7-17-11-8-13(15(16)18)20-14(11)12/h2-8H,1H3,(H2,16,18). The maximum absolute atomic E-state index is 11.3. The third-order valence-corrected chi connectivity index (χ3v) is 5.24. The van der Waals surface area contributed by atoms with E-state index in [4.69, 9.17) is 5.73 Å². The quantitative estimate of drug-likeness (QED) is 0.799. The molecule has 2 aromatic heterocycles. The van der Waals surface area contributed by atoms with Crippen molar-refractivity contribution in [3.63, 3.8) is 0 Å². The molecule has 0 saturated carbocycles. The molecule has 0 aliphatic rings. The molecule has 0 spiro atoms. The summed E-state index contributed by atoms with van der Waals surface area (Å²) >= 11 is 3.07. The molecule has 20 heavy (non-hydrogen) atoms. The summed E-state index contributed by atoms with van der Waals surface area (Å²) in [5, 5.41) is 0. The molecule has 3 nitrogen and oxygen atoms in total. The molecule has 100 valence electrons. The number of hydrogen-bond acceptors (Lipinski definition) is 4. The Balaban J connectivity index is 2.02. The normalized spacial score (nSPS) is 10.8. The van der Waals surface area contributed by atoms with Crippen LogP contribution in [-0.2, 0) is 0 Å². The third-order valence-electron chi connectivity index (χ3n) is 2.87. The first-order valence-electron chi connectivity index (χ1n) is 6.06. The lowest BCUT2D eigenvalue weighted by Gasteiger charge is -2.03. The first kappa shape index (κ1) is 13.1. The highest BCUT2D eigenvalue weighted by Crippen LogP contribution is 2.36. The number of benzene rings is 1. The molecule has 0 unspecified atom stereocenters. The SMILES string of the molecule is Cc1ccc(Sc2ccnc3cc(C(N)=O)sc23)cc1. The summed E-state index contributed by atoms with van der Waals surface area (Å²) in [6.45, 7) is 2.07. The average molecular weight is 300 g/mol. The third kappa shape index (κ3) is 2.55. The summed E-state index contributed by atoms with van der Waals surface area (Å²) in [6, 6.07) is 12.1. The molecule has 1 amide bonds. The van der Waals surface area contributed by atoms with E-state index in [1.54, 1.807) is 24.0 Å². The van der Waals surface area contributed by atoms with E-state index in [0.29, 0.717) is 4.88 Å². The molecule has 5 heteroatoms. The van der Waals surface area contributed by atoms with Crippen molar-refractivity contribution in [2.45, 2.75) is 16.7 Å². The number of hydrogen-bond donors (Lipinski definition) is 1. The van der Waals surface area contributed by atoms with Crippen molar-refractivity contribution >= 4 is 39.2 Å². The van der Waals surface area contributed by atoms with Gasteiger partial charge in [-0.3, -0.25) is 9.78 Å². The van der Waals surface area contributed by atoms with Gasteiger partial charge in [0.15, 0.2) is 0 Å². The Hall–Kier alpha value is -1.85. The van der Waals surface area contributed by atoms with Crippen molar-refractivity contribution in [2.75, 3.05) is 0 Å². The number of aryl methyl sites for hydroxylation is 1. The van der Waals surface area contributed by atoms with Crippen LogP contribution in [0.3, 0.4) is 0 Å². The van der Waals surface area contributed by atoms with Gasteiger partial charge < -0.3 is 5.73 Å². The maximum Gasteiger partial charge on any atom is 0.258 e. The number of carbonyl (C=O) groups excluding carboxylic acids is 1. The number of carbonyl (C=O) groups is 1. The second-order valence-electron chi connectivity index (χ2n) is 4.41. The van der Waals surface area contributed by atoms with Crippen molar-refractivity contribution in [1.82, 2.24) is 4.98 Å². The number of amides is 1. The summed E-state index contributed by atoms with van der Waals surface area (Å²) in [5.41, 5.74) is 7.39. The highest BCUT2D eigenvalue weighted by Gasteiger charge is 2.11. The average Bonchev–Trinajstić information content (AvgIpc) is 2.87. The van der Waals surface area contributed by atoms with Crippen LogP contribution in [-0.4, -0.2) is 10.9 Å². The predicted molar refractivity (Wildman–Crippen MR) is 83.4 cm³/mol. The minimum absolute atomic E-state index is 0.403. The fourth-order valence-corrected chi connectivity index (χ4v) is 3.83. The van der Waals surface area contributed by atoms with Crippen molar-refractivity contribution in [2.24, 2.45) is 5.73 Å². The van der Waals surface area contributed by atoms with Crippen LogP contribution in [0, 0.1) is 6.92 Å². The molecule has 0 bridgehead atoms. The number of primary amides is 1. The van der Waals surface area contributed by atoms with Crippen LogP contribution < -0.4 is 5.73 Å². The van der Waals surface area contributed by atoms with E-state index in [2.05, 4.69) is 36.2 Å². The van der Waals surface area contributed by atoms with E-state index < -0.39 is 5.91 Å². The summed E-state index contributed by atoms with van der Waals surface area (Å²) in [6.07, 6.45) is 1.76. The second-order valence-corrected chi connectivity index (χ2v) is 6.58. The van der Waals surface area contributed by atoms with Crippen LogP contribution in [0.1, 0.15) is 15.2 Å². The van der Waals surface area contributed by atoms with Gasteiger partial charge in [0.2, 0.25) is 0 Å².